The van der Waals surface area contributed by atoms with Gasteiger partial charge in [-0.05, 0) is 65.6 Å². The molecule has 0 radical (unpaired) electrons. The minimum absolute atomic E-state index is 0.129. The van der Waals surface area contributed by atoms with Crippen molar-refractivity contribution in [2.75, 3.05) is 30.4 Å². The van der Waals surface area contributed by atoms with Crippen molar-refractivity contribution in [3.05, 3.63) is 69.6 Å². The monoisotopic (exact) mass is 481 g/mol. The molecule has 0 saturated carbocycles. The molecule has 0 aliphatic carbocycles. The number of pyridine rings is 1. The molecule has 1 fully saturated rings. The third kappa shape index (κ3) is 4.81. The minimum Gasteiger partial charge on any atom is -0.479 e. The van der Waals surface area contributed by atoms with Gasteiger partial charge < -0.3 is 15.0 Å². The van der Waals surface area contributed by atoms with Gasteiger partial charge in [-0.15, -0.1) is 10.2 Å². The lowest BCUT2D eigenvalue weighted by Crippen LogP contribution is -2.32. The summed E-state index contributed by atoms with van der Waals surface area (Å²) in [5.74, 6) is 3.84. The summed E-state index contributed by atoms with van der Waals surface area (Å²) in [5, 5.41) is 12.7. The molecule has 0 atom stereocenters. The van der Waals surface area contributed by atoms with Gasteiger partial charge in [-0.3, -0.25) is 4.79 Å². The zero-order valence-electron chi connectivity index (χ0n) is 20.6. The first-order valence-corrected chi connectivity index (χ1v) is 11.9. The van der Waals surface area contributed by atoms with Gasteiger partial charge in [0.05, 0.1) is 24.6 Å². The Labute approximate surface area is 208 Å². The quantitative estimate of drug-likeness (QED) is 0.339. The van der Waals surface area contributed by atoms with E-state index in [2.05, 4.69) is 42.0 Å². The SMILES string of the molecule is COc1nnc(C(=O)Nc2cnc(N3CCCCC3)c(C)c2)cc1C#C[N+]1=c2ccc(C)cc2=[N+]=C1. The third-order valence-electron chi connectivity index (χ3n) is 6.16. The van der Waals surface area contributed by atoms with Crippen molar-refractivity contribution in [2.45, 2.75) is 33.1 Å². The van der Waals surface area contributed by atoms with Crippen LogP contribution in [0.3, 0.4) is 0 Å². The number of carbonyl (C=O) groups is 1. The predicted molar refractivity (Wildman–Crippen MR) is 137 cm³/mol. The first kappa shape index (κ1) is 23.2. The number of nitrogens with one attached hydrogen (secondary N) is 1. The molecule has 2 aliphatic rings. The van der Waals surface area contributed by atoms with Gasteiger partial charge in [0, 0.05) is 31.1 Å². The van der Waals surface area contributed by atoms with E-state index in [-0.39, 0.29) is 11.6 Å². The molecular formula is C27H27N7O2+2. The van der Waals surface area contributed by atoms with Gasteiger partial charge in [0.15, 0.2) is 5.69 Å². The molecule has 1 saturated heterocycles. The Morgan fingerprint density at radius 2 is 1.97 bits per heavy atom. The van der Waals surface area contributed by atoms with Gasteiger partial charge in [-0.1, -0.05) is 6.07 Å². The van der Waals surface area contributed by atoms with Crippen LogP contribution in [-0.4, -0.2) is 47.6 Å². The zero-order valence-corrected chi connectivity index (χ0v) is 20.6. The molecule has 0 bridgehead atoms. The maximum Gasteiger partial charge on any atom is 0.537 e. The van der Waals surface area contributed by atoms with Crippen LogP contribution in [-0.2, 0) is 0 Å². The highest BCUT2D eigenvalue weighted by atomic mass is 16.5. The zero-order chi connectivity index (χ0) is 25.1. The molecule has 2 aliphatic heterocycles. The molecule has 1 amide bonds. The van der Waals surface area contributed by atoms with Crippen molar-refractivity contribution in [2.24, 2.45) is 0 Å². The van der Waals surface area contributed by atoms with E-state index in [1.54, 1.807) is 23.2 Å². The lowest BCUT2D eigenvalue weighted by molar-refractivity contribution is 0.102. The molecule has 36 heavy (non-hydrogen) atoms. The first-order chi connectivity index (χ1) is 17.5. The molecule has 4 heterocycles. The number of carbonyl (C=O) groups excluding carboxylic acids is 1. The number of methoxy groups -OCH3 is 1. The van der Waals surface area contributed by atoms with Crippen molar-refractivity contribution in [3.8, 4) is 17.8 Å². The number of amides is 1. The van der Waals surface area contributed by atoms with Crippen LogP contribution < -0.4 is 34.9 Å². The summed E-state index contributed by atoms with van der Waals surface area (Å²) in [7, 11) is 1.49. The molecule has 1 N–H and O–H groups in total. The molecule has 2 aromatic heterocycles. The summed E-state index contributed by atoms with van der Waals surface area (Å²) < 4.78 is 11.4. The second-order valence-electron chi connectivity index (χ2n) is 8.86. The number of anilines is 2. The summed E-state index contributed by atoms with van der Waals surface area (Å²) in [6.45, 7) is 6.05. The molecule has 9 heteroatoms. The van der Waals surface area contributed by atoms with E-state index in [9.17, 15) is 4.79 Å². The second kappa shape index (κ2) is 9.98. The normalized spacial score (nSPS) is 14.0. The summed E-state index contributed by atoms with van der Waals surface area (Å²) in [4.78, 5) is 19.9. The molecule has 180 valence electrons. The smallest absolute Gasteiger partial charge is 0.479 e. The third-order valence-corrected chi connectivity index (χ3v) is 6.16. The topological polar surface area (TPSA) is 97.3 Å². The molecule has 9 nitrogen and oxygen atoms in total. The largest absolute Gasteiger partial charge is 0.537 e. The average Bonchev–Trinajstić information content (AvgIpc) is 3.29. The number of aryl methyl sites for hydroxylation is 2. The van der Waals surface area contributed by atoms with Crippen molar-refractivity contribution >= 4 is 23.8 Å². The van der Waals surface area contributed by atoms with Crippen LogP contribution in [0.2, 0.25) is 0 Å². The average molecular weight is 482 g/mol. The Kier molecular flexibility index (Phi) is 6.44. The molecule has 3 aromatic rings. The van der Waals surface area contributed by atoms with Crippen LogP contribution in [0.15, 0.2) is 36.5 Å². The number of nitrogens with zero attached hydrogens (tertiary/aromatic N) is 6. The molecule has 0 unspecified atom stereocenters. The molecule has 1 aromatic carbocycles. The maximum atomic E-state index is 12.9. The second-order valence-corrected chi connectivity index (χ2v) is 8.86. The fraction of sp³-hybridized carbons (Fsp3) is 0.296. The van der Waals surface area contributed by atoms with Gasteiger partial charge in [0.1, 0.15) is 5.82 Å². The van der Waals surface area contributed by atoms with E-state index < -0.39 is 5.91 Å². The fourth-order valence-electron chi connectivity index (χ4n) is 4.33. The Morgan fingerprint density at radius 1 is 1.14 bits per heavy atom. The van der Waals surface area contributed by atoms with E-state index in [1.807, 2.05) is 38.1 Å². The lowest BCUT2D eigenvalue weighted by Gasteiger charge is -2.29. The Hall–Kier alpha value is -4.54. The van der Waals surface area contributed by atoms with Gasteiger partial charge in [-0.25, -0.2) is 4.98 Å². The Balaban J connectivity index is 1.37. The molecule has 0 spiro atoms. The lowest BCUT2D eigenvalue weighted by atomic mass is 10.1. The highest BCUT2D eigenvalue weighted by Gasteiger charge is 2.20. The van der Waals surface area contributed by atoms with Gasteiger partial charge >= 0.3 is 17.1 Å². The van der Waals surface area contributed by atoms with E-state index in [0.717, 1.165) is 40.7 Å². The number of piperidine rings is 1. The van der Waals surface area contributed by atoms with Crippen molar-refractivity contribution < 1.29 is 9.53 Å². The summed E-state index contributed by atoms with van der Waals surface area (Å²) >= 11 is 0. The number of fused-ring (bicyclic) bond motifs is 1. The van der Waals surface area contributed by atoms with Gasteiger partial charge in [-0.2, -0.15) is 0 Å². The summed E-state index contributed by atoms with van der Waals surface area (Å²) in [6, 6.07) is 12.5. The first-order valence-electron chi connectivity index (χ1n) is 11.9. The highest BCUT2D eigenvalue weighted by molar-refractivity contribution is 6.03. The van der Waals surface area contributed by atoms with Crippen LogP contribution >= 0.6 is 0 Å². The predicted octanol–water partition coefficient (Wildman–Crippen LogP) is 0.969. The number of rotatable bonds is 4. The number of ether oxygens (including phenoxy) is 1. The van der Waals surface area contributed by atoms with Crippen LogP contribution in [0.5, 0.6) is 5.88 Å². The van der Waals surface area contributed by atoms with E-state index in [0.29, 0.717) is 11.3 Å². The summed E-state index contributed by atoms with van der Waals surface area (Å²) in [6.07, 6.45) is 6.96. The van der Waals surface area contributed by atoms with Crippen molar-refractivity contribution in [1.29, 1.82) is 0 Å². The number of benzene rings is 1. The van der Waals surface area contributed by atoms with E-state index >= 15 is 0 Å². The van der Waals surface area contributed by atoms with Crippen LogP contribution in [0.25, 0.3) is 0 Å². The Morgan fingerprint density at radius 3 is 2.75 bits per heavy atom. The molecular weight excluding hydrogens is 454 g/mol. The van der Waals surface area contributed by atoms with Gasteiger partial charge in [0.2, 0.25) is 11.9 Å². The maximum absolute atomic E-state index is 12.9. The number of aromatic nitrogens is 3. The van der Waals surface area contributed by atoms with Crippen molar-refractivity contribution in [3.63, 3.8) is 0 Å². The van der Waals surface area contributed by atoms with Crippen LogP contribution in [0.1, 0.15) is 46.4 Å². The fourth-order valence-corrected chi connectivity index (χ4v) is 4.33. The van der Waals surface area contributed by atoms with Crippen molar-refractivity contribution in [1.82, 2.24) is 24.4 Å². The standard InChI is InChI=1S/C27H26N7O2/c1-18-7-8-24-22(13-18)29-17-34(24)12-9-20-15-23(31-32-27(20)36-3)26(35)30-21-14-19(2)25(28-16-21)33-10-5-4-6-11-33/h7-8,13-17H,4-6,10-11H2,1-3H3/q+1/p+1. The number of hydrogen-bond acceptors (Lipinski definition) is 6. The minimum atomic E-state index is -0.399. The van der Waals surface area contributed by atoms with Crippen LogP contribution in [0.4, 0.5) is 11.5 Å². The highest BCUT2D eigenvalue weighted by Crippen LogP contribution is 2.24. The van der Waals surface area contributed by atoms with Crippen LogP contribution in [0, 0.1) is 25.8 Å². The molecule has 5 rings (SSSR count). The van der Waals surface area contributed by atoms with E-state index in [1.165, 1.54) is 26.4 Å². The van der Waals surface area contributed by atoms with E-state index in [4.69, 9.17) is 4.74 Å². The summed E-state index contributed by atoms with van der Waals surface area (Å²) in [5.41, 5.74) is 3.32. The Bertz CT molecular complexity index is 1570. The number of hydrogen-bond donors (Lipinski definition) is 1. The van der Waals surface area contributed by atoms with Gasteiger partial charge in [0.25, 0.3) is 5.91 Å².